The Morgan fingerprint density at radius 2 is 1.93 bits per heavy atom. The zero-order valence-electron chi connectivity index (χ0n) is 14.8. The molecule has 1 heterocycles. The van der Waals surface area contributed by atoms with Gasteiger partial charge in [-0.2, -0.15) is 0 Å². The van der Waals surface area contributed by atoms with Crippen molar-refractivity contribution in [2.75, 3.05) is 14.2 Å². The fourth-order valence-corrected chi connectivity index (χ4v) is 3.83. The van der Waals surface area contributed by atoms with Gasteiger partial charge >= 0.3 is 5.97 Å². The van der Waals surface area contributed by atoms with Gasteiger partial charge in [0.2, 0.25) is 6.20 Å². The molecule has 0 saturated heterocycles. The standard InChI is InChI=1S/C19H14ClNO6S/c1-25-12-4-6-16-13(10-12)17(20)18(28-16)19(22)27-14-5-3-11(7-8-21(23)24)9-15(14)26-2/h3-10H,1-2H3/b8-7+. The second-order valence-corrected chi connectivity index (χ2v) is 6.94. The van der Waals surface area contributed by atoms with E-state index >= 15 is 0 Å². The van der Waals surface area contributed by atoms with Gasteiger partial charge in [-0.25, -0.2) is 4.79 Å². The van der Waals surface area contributed by atoms with Crippen molar-refractivity contribution in [2.45, 2.75) is 0 Å². The maximum atomic E-state index is 12.6. The monoisotopic (exact) mass is 419 g/mol. The first-order valence-electron chi connectivity index (χ1n) is 7.91. The maximum absolute atomic E-state index is 12.6. The highest BCUT2D eigenvalue weighted by molar-refractivity contribution is 7.21. The van der Waals surface area contributed by atoms with Crippen LogP contribution >= 0.6 is 22.9 Å². The quantitative estimate of drug-likeness (QED) is 0.241. The third-order valence-electron chi connectivity index (χ3n) is 3.80. The van der Waals surface area contributed by atoms with Gasteiger partial charge in [0.05, 0.1) is 24.2 Å². The predicted molar refractivity (Wildman–Crippen MR) is 107 cm³/mol. The van der Waals surface area contributed by atoms with Gasteiger partial charge in [-0.1, -0.05) is 17.7 Å². The Morgan fingerprint density at radius 1 is 1.14 bits per heavy atom. The molecule has 28 heavy (non-hydrogen) atoms. The third kappa shape index (κ3) is 4.08. The Balaban J connectivity index is 1.89. The van der Waals surface area contributed by atoms with Crippen molar-refractivity contribution >= 4 is 45.1 Å². The number of nitro groups is 1. The molecule has 0 fully saturated rings. The molecule has 0 N–H and O–H groups in total. The summed E-state index contributed by atoms with van der Waals surface area (Å²) < 4.78 is 16.7. The Labute approximate surface area is 168 Å². The molecule has 0 saturated carbocycles. The molecule has 0 aliphatic heterocycles. The van der Waals surface area contributed by atoms with Crippen molar-refractivity contribution in [2.24, 2.45) is 0 Å². The summed E-state index contributed by atoms with van der Waals surface area (Å²) in [7, 11) is 2.96. The topological polar surface area (TPSA) is 87.9 Å². The Morgan fingerprint density at radius 3 is 2.61 bits per heavy atom. The molecule has 0 bridgehead atoms. The smallest absolute Gasteiger partial charge is 0.355 e. The van der Waals surface area contributed by atoms with Crippen LogP contribution in [0.4, 0.5) is 0 Å². The first kappa shape index (κ1) is 19.7. The van der Waals surface area contributed by atoms with E-state index in [0.29, 0.717) is 16.7 Å². The van der Waals surface area contributed by atoms with Crippen molar-refractivity contribution in [3.63, 3.8) is 0 Å². The minimum absolute atomic E-state index is 0.178. The van der Waals surface area contributed by atoms with E-state index < -0.39 is 10.9 Å². The molecular formula is C19H14ClNO6S. The largest absolute Gasteiger partial charge is 0.497 e. The number of thiophene rings is 1. The number of hydrogen-bond acceptors (Lipinski definition) is 7. The molecule has 0 amide bonds. The number of hydrogen-bond donors (Lipinski definition) is 0. The number of carbonyl (C=O) groups excluding carboxylic acids is 1. The fourth-order valence-electron chi connectivity index (χ4n) is 2.47. The first-order valence-corrected chi connectivity index (χ1v) is 9.10. The number of halogens is 1. The molecule has 0 radical (unpaired) electrons. The number of rotatable bonds is 6. The molecule has 1 aromatic heterocycles. The molecular weight excluding hydrogens is 406 g/mol. The predicted octanol–water partition coefficient (Wildman–Crippen LogP) is 5.04. The van der Waals surface area contributed by atoms with Crippen LogP contribution in [-0.4, -0.2) is 25.1 Å². The van der Waals surface area contributed by atoms with Crippen LogP contribution < -0.4 is 14.2 Å². The van der Waals surface area contributed by atoms with E-state index in [2.05, 4.69) is 0 Å². The highest BCUT2D eigenvalue weighted by Crippen LogP contribution is 2.38. The van der Waals surface area contributed by atoms with Crippen molar-refractivity contribution in [1.29, 1.82) is 0 Å². The van der Waals surface area contributed by atoms with Crippen LogP contribution in [-0.2, 0) is 0 Å². The maximum Gasteiger partial charge on any atom is 0.355 e. The van der Waals surface area contributed by atoms with Crippen LogP contribution in [0.15, 0.2) is 42.6 Å². The van der Waals surface area contributed by atoms with Crippen molar-refractivity contribution in [3.05, 3.63) is 68.2 Å². The average molecular weight is 420 g/mol. The summed E-state index contributed by atoms with van der Waals surface area (Å²) in [5.41, 5.74) is 0.528. The lowest BCUT2D eigenvalue weighted by atomic mass is 10.2. The number of fused-ring (bicyclic) bond motifs is 1. The molecule has 0 atom stereocenters. The van der Waals surface area contributed by atoms with Crippen LogP contribution in [0.1, 0.15) is 15.2 Å². The number of ether oxygens (including phenoxy) is 3. The molecule has 2 aromatic carbocycles. The van der Waals surface area contributed by atoms with Crippen LogP contribution in [0.25, 0.3) is 16.2 Å². The molecule has 144 valence electrons. The van der Waals surface area contributed by atoms with E-state index in [4.69, 9.17) is 25.8 Å². The molecule has 7 nitrogen and oxygen atoms in total. The van der Waals surface area contributed by atoms with Crippen molar-refractivity contribution < 1.29 is 23.9 Å². The highest BCUT2D eigenvalue weighted by Gasteiger charge is 2.21. The molecule has 3 aromatic rings. The summed E-state index contributed by atoms with van der Waals surface area (Å²) in [6.07, 6.45) is 2.12. The number of esters is 1. The van der Waals surface area contributed by atoms with E-state index in [1.165, 1.54) is 36.7 Å². The Kier molecular flexibility index (Phi) is 5.81. The highest BCUT2D eigenvalue weighted by atomic mass is 35.5. The summed E-state index contributed by atoms with van der Waals surface area (Å²) in [5.74, 6) is 0.443. The Bertz CT molecular complexity index is 1090. The molecule has 0 aliphatic carbocycles. The number of nitrogens with zero attached hydrogens (tertiary/aromatic N) is 1. The van der Waals surface area contributed by atoms with Crippen LogP contribution in [0.2, 0.25) is 5.02 Å². The second kappa shape index (κ2) is 8.28. The third-order valence-corrected chi connectivity index (χ3v) is 5.45. The number of carbonyl (C=O) groups is 1. The van der Waals surface area contributed by atoms with Gasteiger partial charge in [0.15, 0.2) is 11.5 Å². The molecule has 0 unspecified atom stereocenters. The SMILES string of the molecule is COc1ccc2sc(C(=O)Oc3ccc(/C=C/[N+](=O)[O-])cc3OC)c(Cl)c2c1. The summed E-state index contributed by atoms with van der Waals surface area (Å²) in [6.45, 7) is 0. The van der Waals surface area contributed by atoms with Gasteiger partial charge in [0.25, 0.3) is 0 Å². The van der Waals surface area contributed by atoms with E-state index in [-0.39, 0.29) is 21.4 Å². The minimum atomic E-state index is -0.628. The van der Waals surface area contributed by atoms with E-state index in [1.54, 1.807) is 25.3 Å². The molecule has 0 aliphatic rings. The summed E-state index contributed by atoms with van der Waals surface area (Å²) in [6, 6.07) is 9.95. The van der Waals surface area contributed by atoms with E-state index in [1.807, 2.05) is 6.07 Å². The molecule has 3 rings (SSSR count). The second-order valence-electron chi connectivity index (χ2n) is 5.51. The summed E-state index contributed by atoms with van der Waals surface area (Å²) >= 11 is 7.58. The van der Waals surface area contributed by atoms with Crippen LogP contribution in [0.3, 0.4) is 0 Å². The molecule has 0 spiro atoms. The zero-order chi connectivity index (χ0) is 20.3. The summed E-state index contributed by atoms with van der Waals surface area (Å²) in [4.78, 5) is 22.8. The zero-order valence-corrected chi connectivity index (χ0v) is 16.4. The van der Waals surface area contributed by atoms with E-state index in [0.717, 1.165) is 10.9 Å². The normalized spacial score (nSPS) is 11.0. The van der Waals surface area contributed by atoms with Gasteiger partial charge in [0.1, 0.15) is 10.6 Å². The van der Waals surface area contributed by atoms with E-state index in [9.17, 15) is 14.9 Å². The van der Waals surface area contributed by atoms with Gasteiger partial charge in [-0.3, -0.25) is 10.1 Å². The average Bonchev–Trinajstić information content (AvgIpc) is 3.03. The fraction of sp³-hybridized carbons (Fsp3) is 0.105. The van der Waals surface area contributed by atoms with Crippen LogP contribution in [0.5, 0.6) is 17.2 Å². The number of benzene rings is 2. The minimum Gasteiger partial charge on any atom is -0.497 e. The lowest BCUT2D eigenvalue weighted by Crippen LogP contribution is -2.08. The lowest BCUT2D eigenvalue weighted by Gasteiger charge is -2.09. The van der Waals surface area contributed by atoms with Crippen molar-refractivity contribution in [3.8, 4) is 17.2 Å². The van der Waals surface area contributed by atoms with Crippen molar-refractivity contribution in [1.82, 2.24) is 0 Å². The summed E-state index contributed by atoms with van der Waals surface area (Å²) in [5, 5.41) is 11.4. The van der Waals surface area contributed by atoms with Gasteiger partial charge < -0.3 is 14.2 Å². The Hall–Kier alpha value is -3.10. The number of methoxy groups -OCH3 is 2. The van der Waals surface area contributed by atoms with Gasteiger partial charge in [-0.15, -0.1) is 11.3 Å². The van der Waals surface area contributed by atoms with Gasteiger partial charge in [0, 0.05) is 16.2 Å². The lowest BCUT2D eigenvalue weighted by molar-refractivity contribution is -0.400. The molecule has 9 heteroatoms. The van der Waals surface area contributed by atoms with Gasteiger partial charge in [-0.05, 0) is 35.9 Å². The van der Waals surface area contributed by atoms with Crippen LogP contribution in [0, 0.1) is 10.1 Å². The first-order chi connectivity index (χ1) is 13.4.